The molecule has 0 saturated heterocycles. The fourth-order valence-corrected chi connectivity index (χ4v) is 1.72. The fraction of sp³-hybridized carbons (Fsp3) is 0.385. The van der Waals surface area contributed by atoms with Crippen LogP contribution >= 0.6 is 0 Å². The third kappa shape index (κ3) is 3.18. The Morgan fingerprint density at radius 2 is 2.07 bits per heavy atom. The van der Waals surface area contributed by atoms with Gasteiger partial charge >= 0.3 is 0 Å². The van der Waals surface area contributed by atoms with Gasteiger partial charge in [0.15, 0.2) is 0 Å². The summed E-state index contributed by atoms with van der Waals surface area (Å²) in [5.41, 5.74) is 6.73. The summed E-state index contributed by atoms with van der Waals surface area (Å²) < 4.78 is 0. The number of rotatable bonds is 4. The summed E-state index contributed by atoms with van der Waals surface area (Å²) in [5.74, 6) is 5.58. The molecule has 0 aliphatic carbocycles. The van der Waals surface area contributed by atoms with Gasteiger partial charge in [-0.25, -0.2) is 5.43 Å². The number of aryl methyl sites for hydroxylation is 1. The van der Waals surface area contributed by atoms with Crippen LogP contribution in [0.1, 0.15) is 37.9 Å². The summed E-state index contributed by atoms with van der Waals surface area (Å²) in [4.78, 5) is 0. The average molecular weight is 204 g/mol. The highest BCUT2D eigenvalue weighted by Gasteiger charge is 2.09. The first kappa shape index (κ1) is 12.0. The Bertz CT molecular complexity index is 338. The Morgan fingerprint density at radius 1 is 1.40 bits per heavy atom. The van der Waals surface area contributed by atoms with Crippen molar-refractivity contribution in [2.45, 2.75) is 33.2 Å². The lowest BCUT2D eigenvalue weighted by Crippen LogP contribution is -2.27. The van der Waals surface area contributed by atoms with Crippen LogP contribution in [0.25, 0.3) is 0 Å². The normalized spacial score (nSPS) is 12.3. The lowest BCUT2D eigenvalue weighted by molar-refractivity contribution is 0.646. The van der Waals surface area contributed by atoms with Crippen LogP contribution in [-0.2, 0) is 6.42 Å². The smallest absolute Gasteiger partial charge is 0.0645 e. The van der Waals surface area contributed by atoms with E-state index >= 15 is 0 Å². The molecule has 82 valence electrons. The predicted octanol–water partition coefficient (Wildman–Crippen LogP) is 2.72. The molecule has 0 radical (unpaired) electrons. The fourth-order valence-electron chi connectivity index (χ4n) is 1.72. The summed E-state index contributed by atoms with van der Waals surface area (Å²) in [5, 5.41) is 0. The minimum atomic E-state index is 0.117. The molecule has 1 aromatic rings. The minimum Gasteiger partial charge on any atom is -0.271 e. The van der Waals surface area contributed by atoms with Gasteiger partial charge in [-0.2, -0.15) is 0 Å². The number of allylic oxidation sites excluding steroid dienone is 1. The Labute approximate surface area is 92.2 Å². The lowest BCUT2D eigenvalue weighted by Gasteiger charge is -2.16. The molecule has 0 fully saturated rings. The van der Waals surface area contributed by atoms with Crippen LogP contribution in [0.5, 0.6) is 0 Å². The Balaban J connectivity index is 3.06. The van der Waals surface area contributed by atoms with E-state index in [9.17, 15) is 0 Å². The van der Waals surface area contributed by atoms with Gasteiger partial charge in [-0.05, 0) is 31.4 Å². The predicted molar refractivity (Wildman–Crippen MR) is 65.3 cm³/mol. The Kier molecular flexibility index (Phi) is 4.53. The van der Waals surface area contributed by atoms with Crippen molar-refractivity contribution in [3.63, 3.8) is 0 Å². The maximum atomic E-state index is 5.58. The summed E-state index contributed by atoms with van der Waals surface area (Å²) in [6.45, 7) is 6.33. The highest BCUT2D eigenvalue weighted by atomic mass is 15.2. The van der Waals surface area contributed by atoms with Crippen molar-refractivity contribution in [1.29, 1.82) is 0 Å². The summed E-state index contributed by atoms with van der Waals surface area (Å²) in [6.07, 6.45) is 3.18. The molecular weight excluding hydrogens is 184 g/mol. The monoisotopic (exact) mass is 204 g/mol. The molecule has 15 heavy (non-hydrogen) atoms. The van der Waals surface area contributed by atoms with Crippen molar-refractivity contribution in [2.24, 2.45) is 5.84 Å². The van der Waals surface area contributed by atoms with Crippen molar-refractivity contribution in [2.75, 3.05) is 0 Å². The van der Waals surface area contributed by atoms with E-state index < -0.39 is 0 Å². The Hall–Kier alpha value is -1.12. The standard InChI is InChI=1S/C13H20N2/c1-4-11-7-5-6-8-12(11)13(15-14)9-10(2)3/h5-9,13,15H,4,14H2,1-3H3. The maximum absolute atomic E-state index is 5.58. The van der Waals surface area contributed by atoms with Gasteiger partial charge in [0, 0.05) is 0 Å². The van der Waals surface area contributed by atoms with E-state index in [0.29, 0.717) is 0 Å². The van der Waals surface area contributed by atoms with E-state index in [4.69, 9.17) is 5.84 Å². The van der Waals surface area contributed by atoms with Gasteiger partial charge in [0.2, 0.25) is 0 Å². The van der Waals surface area contributed by atoms with E-state index in [0.717, 1.165) is 6.42 Å². The molecular formula is C13H20N2. The second-order valence-electron chi connectivity index (χ2n) is 3.94. The third-order valence-electron chi connectivity index (χ3n) is 2.45. The van der Waals surface area contributed by atoms with Gasteiger partial charge in [0.1, 0.15) is 0 Å². The quantitative estimate of drug-likeness (QED) is 0.449. The van der Waals surface area contributed by atoms with Crippen molar-refractivity contribution >= 4 is 0 Å². The molecule has 0 amide bonds. The second-order valence-corrected chi connectivity index (χ2v) is 3.94. The molecule has 0 aromatic heterocycles. The number of benzene rings is 1. The van der Waals surface area contributed by atoms with Crippen molar-refractivity contribution < 1.29 is 0 Å². The molecule has 3 N–H and O–H groups in total. The highest BCUT2D eigenvalue weighted by molar-refractivity contribution is 5.33. The summed E-state index contributed by atoms with van der Waals surface area (Å²) in [7, 11) is 0. The zero-order chi connectivity index (χ0) is 11.3. The number of hydrogen-bond acceptors (Lipinski definition) is 2. The summed E-state index contributed by atoms with van der Waals surface area (Å²) in [6, 6.07) is 8.52. The number of nitrogens with one attached hydrogen (secondary N) is 1. The molecule has 2 nitrogen and oxygen atoms in total. The van der Waals surface area contributed by atoms with E-state index in [1.807, 2.05) is 0 Å². The van der Waals surface area contributed by atoms with Crippen LogP contribution in [0.4, 0.5) is 0 Å². The number of hydrogen-bond donors (Lipinski definition) is 2. The second kappa shape index (κ2) is 5.69. The summed E-state index contributed by atoms with van der Waals surface area (Å²) >= 11 is 0. The topological polar surface area (TPSA) is 38.0 Å². The first-order valence-corrected chi connectivity index (χ1v) is 5.38. The number of hydrazine groups is 1. The molecule has 1 unspecified atom stereocenters. The van der Waals surface area contributed by atoms with Crippen molar-refractivity contribution in [3.8, 4) is 0 Å². The van der Waals surface area contributed by atoms with Gasteiger partial charge in [0.05, 0.1) is 6.04 Å². The minimum absolute atomic E-state index is 0.117. The third-order valence-corrected chi connectivity index (χ3v) is 2.45. The van der Waals surface area contributed by atoms with E-state index in [-0.39, 0.29) is 6.04 Å². The van der Waals surface area contributed by atoms with Gasteiger partial charge < -0.3 is 0 Å². The molecule has 0 aliphatic heterocycles. The number of nitrogens with two attached hydrogens (primary N) is 1. The Morgan fingerprint density at radius 3 is 2.60 bits per heavy atom. The van der Waals surface area contributed by atoms with Gasteiger partial charge in [0.25, 0.3) is 0 Å². The van der Waals surface area contributed by atoms with Crippen LogP contribution < -0.4 is 11.3 Å². The van der Waals surface area contributed by atoms with Crippen LogP contribution in [0.2, 0.25) is 0 Å². The van der Waals surface area contributed by atoms with Crippen LogP contribution in [-0.4, -0.2) is 0 Å². The zero-order valence-corrected chi connectivity index (χ0v) is 9.75. The van der Waals surface area contributed by atoms with Crippen molar-refractivity contribution in [3.05, 3.63) is 47.0 Å². The van der Waals surface area contributed by atoms with E-state index in [1.54, 1.807) is 0 Å². The first-order valence-electron chi connectivity index (χ1n) is 5.38. The molecule has 1 atom stereocenters. The first-order chi connectivity index (χ1) is 7.19. The average Bonchev–Trinajstić information content (AvgIpc) is 2.25. The molecule has 0 saturated carbocycles. The van der Waals surface area contributed by atoms with Crippen LogP contribution in [0.15, 0.2) is 35.9 Å². The SMILES string of the molecule is CCc1ccccc1C(C=C(C)C)NN. The zero-order valence-electron chi connectivity index (χ0n) is 9.75. The molecule has 0 spiro atoms. The van der Waals surface area contributed by atoms with Gasteiger partial charge in [-0.3, -0.25) is 5.84 Å². The van der Waals surface area contributed by atoms with Crippen molar-refractivity contribution in [1.82, 2.24) is 5.43 Å². The maximum Gasteiger partial charge on any atom is 0.0645 e. The van der Waals surface area contributed by atoms with Gasteiger partial charge in [-0.1, -0.05) is 42.8 Å². The molecule has 0 heterocycles. The molecule has 2 heteroatoms. The van der Waals surface area contributed by atoms with E-state index in [1.165, 1.54) is 16.7 Å². The highest BCUT2D eigenvalue weighted by Crippen LogP contribution is 2.20. The molecule has 0 aliphatic rings. The van der Waals surface area contributed by atoms with E-state index in [2.05, 4.69) is 56.5 Å². The molecule has 1 aromatic carbocycles. The largest absolute Gasteiger partial charge is 0.271 e. The lowest BCUT2D eigenvalue weighted by atomic mass is 9.98. The molecule has 1 rings (SSSR count). The van der Waals surface area contributed by atoms with Gasteiger partial charge in [-0.15, -0.1) is 0 Å². The van der Waals surface area contributed by atoms with Crippen LogP contribution in [0.3, 0.4) is 0 Å². The molecule has 0 bridgehead atoms. The van der Waals surface area contributed by atoms with Crippen LogP contribution in [0, 0.1) is 0 Å².